The standard InChI is InChI=1S/C14H21O3P/c1-13(2,3)10-7-8-12(17-18(15)16)11(9-10)14(4,5)6/h7-9H,1-6H3/p+1. The van der Waals surface area contributed by atoms with Crippen LogP contribution in [0.2, 0.25) is 0 Å². The van der Waals surface area contributed by atoms with Crippen LogP contribution in [0.4, 0.5) is 0 Å². The normalized spacial score (nSPS) is 13.4. The van der Waals surface area contributed by atoms with E-state index < -0.39 is 8.25 Å². The summed E-state index contributed by atoms with van der Waals surface area (Å²) in [5, 5.41) is 0. The van der Waals surface area contributed by atoms with Crippen molar-refractivity contribution in [2.24, 2.45) is 0 Å². The Hall–Kier alpha value is -0.920. The van der Waals surface area contributed by atoms with E-state index in [9.17, 15) is 4.57 Å². The van der Waals surface area contributed by atoms with Gasteiger partial charge in [-0.05, 0) is 22.5 Å². The van der Waals surface area contributed by atoms with Gasteiger partial charge in [0.1, 0.15) is 0 Å². The molecular formula is C14H22O3P+. The zero-order valence-corrected chi connectivity index (χ0v) is 12.8. The van der Waals surface area contributed by atoms with Crippen molar-refractivity contribution in [3.63, 3.8) is 0 Å². The second-order valence-corrected chi connectivity index (χ2v) is 7.20. The van der Waals surface area contributed by atoms with E-state index in [1.807, 2.05) is 6.07 Å². The first-order valence-electron chi connectivity index (χ1n) is 6.01. The smallest absolute Gasteiger partial charge is 0.229 e. The van der Waals surface area contributed by atoms with Crippen LogP contribution in [0.5, 0.6) is 5.75 Å². The Morgan fingerprint density at radius 2 is 1.61 bits per heavy atom. The molecule has 0 saturated heterocycles. The molecule has 0 aliphatic carbocycles. The summed E-state index contributed by atoms with van der Waals surface area (Å²) in [6.07, 6.45) is 0. The Morgan fingerprint density at radius 3 is 2.00 bits per heavy atom. The highest BCUT2D eigenvalue weighted by Crippen LogP contribution is 2.38. The zero-order valence-electron chi connectivity index (χ0n) is 11.9. The van der Waals surface area contributed by atoms with Gasteiger partial charge in [-0.25, -0.2) is 4.52 Å². The third-order valence-corrected chi connectivity index (χ3v) is 3.18. The van der Waals surface area contributed by atoms with Crippen molar-refractivity contribution in [2.45, 2.75) is 52.4 Å². The molecule has 18 heavy (non-hydrogen) atoms. The lowest BCUT2D eigenvalue weighted by atomic mass is 9.80. The largest absolute Gasteiger partial charge is 0.747 e. The molecule has 1 aromatic rings. The van der Waals surface area contributed by atoms with Crippen LogP contribution in [0.1, 0.15) is 52.7 Å². The predicted octanol–water partition coefficient (Wildman–Crippen LogP) is 4.31. The third-order valence-electron chi connectivity index (χ3n) is 2.83. The second-order valence-electron chi connectivity index (χ2n) is 6.54. The Balaban J connectivity index is 3.34. The molecule has 0 fully saturated rings. The Labute approximate surface area is 110 Å². The summed E-state index contributed by atoms with van der Waals surface area (Å²) in [7, 11) is -2.63. The third kappa shape index (κ3) is 3.79. The average Bonchev–Trinajstić information content (AvgIpc) is 2.13. The highest BCUT2D eigenvalue weighted by Gasteiger charge is 2.27. The summed E-state index contributed by atoms with van der Waals surface area (Å²) >= 11 is 0. The van der Waals surface area contributed by atoms with Crippen LogP contribution < -0.4 is 4.52 Å². The molecule has 100 valence electrons. The zero-order chi connectivity index (χ0) is 14.1. The second kappa shape index (κ2) is 4.99. The van der Waals surface area contributed by atoms with E-state index in [0.717, 1.165) is 5.56 Å². The molecular weight excluding hydrogens is 247 g/mol. The van der Waals surface area contributed by atoms with Crippen LogP contribution in [0.3, 0.4) is 0 Å². The van der Waals surface area contributed by atoms with E-state index >= 15 is 0 Å². The number of benzene rings is 1. The first kappa shape index (κ1) is 15.1. The van der Waals surface area contributed by atoms with Crippen molar-refractivity contribution < 1.29 is 14.0 Å². The van der Waals surface area contributed by atoms with Crippen molar-refractivity contribution >= 4 is 8.25 Å². The van der Waals surface area contributed by atoms with Crippen molar-refractivity contribution in [1.82, 2.24) is 0 Å². The summed E-state index contributed by atoms with van der Waals surface area (Å²) in [5.74, 6) is 0.485. The molecule has 4 heteroatoms. The van der Waals surface area contributed by atoms with Crippen LogP contribution in [0, 0.1) is 0 Å². The molecule has 0 aliphatic rings. The minimum atomic E-state index is -2.63. The van der Waals surface area contributed by atoms with Crippen LogP contribution >= 0.6 is 8.25 Å². The summed E-state index contributed by atoms with van der Waals surface area (Å²) in [4.78, 5) is 8.91. The molecule has 0 aliphatic heterocycles. The van der Waals surface area contributed by atoms with E-state index in [0.29, 0.717) is 5.75 Å². The Morgan fingerprint density at radius 1 is 1.06 bits per heavy atom. The number of rotatable bonds is 2. The predicted molar refractivity (Wildman–Crippen MR) is 74.3 cm³/mol. The van der Waals surface area contributed by atoms with E-state index in [4.69, 9.17) is 9.42 Å². The first-order chi connectivity index (χ1) is 8.01. The maximum Gasteiger partial charge on any atom is 0.747 e. The average molecular weight is 269 g/mol. The van der Waals surface area contributed by atoms with Crippen LogP contribution in [0.25, 0.3) is 0 Å². The molecule has 1 atom stereocenters. The minimum absolute atomic E-state index is 0.0416. The topological polar surface area (TPSA) is 46.5 Å². The van der Waals surface area contributed by atoms with Crippen LogP contribution in [0.15, 0.2) is 18.2 Å². The molecule has 0 bridgehead atoms. The van der Waals surface area contributed by atoms with Gasteiger partial charge in [0, 0.05) is 10.1 Å². The fourth-order valence-corrected chi connectivity index (χ4v) is 2.07. The van der Waals surface area contributed by atoms with Crippen molar-refractivity contribution in [2.75, 3.05) is 0 Å². The van der Waals surface area contributed by atoms with Gasteiger partial charge in [0.15, 0.2) is 5.75 Å². The SMILES string of the molecule is CC(C)(C)c1ccc(O[P+](=O)O)c(C(C)(C)C)c1. The van der Waals surface area contributed by atoms with Gasteiger partial charge >= 0.3 is 8.25 Å². The molecule has 0 aromatic heterocycles. The summed E-state index contributed by atoms with van der Waals surface area (Å²) in [6, 6.07) is 5.79. The molecule has 3 nitrogen and oxygen atoms in total. The maximum absolute atomic E-state index is 10.9. The highest BCUT2D eigenvalue weighted by molar-refractivity contribution is 7.32. The minimum Gasteiger partial charge on any atom is -0.229 e. The molecule has 1 aromatic carbocycles. The van der Waals surface area contributed by atoms with Gasteiger partial charge in [-0.2, -0.15) is 0 Å². The highest BCUT2D eigenvalue weighted by atomic mass is 31.1. The van der Waals surface area contributed by atoms with Crippen molar-refractivity contribution in [3.05, 3.63) is 29.3 Å². The summed E-state index contributed by atoms with van der Waals surface area (Å²) in [6.45, 7) is 12.6. The maximum atomic E-state index is 10.9. The molecule has 0 radical (unpaired) electrons. The molecule has 0 heterocycles. The lowest BCUT2D eigenvalue weighted by molar-refractivity contribution is 0.403. The lowest BCUT2D eigenvalue weighted by Gasteiger charge is -2.25. The molecule has 0 amide bonds. The summed E-state index contributed by atoms with van der Waals surface area (Å²) < 4.78 is 15.9. The number of hydrogen-bond acceptors (Lipinski definition) is 2. The molecule has 1 rings (SSSR count). The van der Waals surface area contributed by atoms with Gasteiger partial charge in [0.2, 0.25) is 0 Å². The van der Waals surface area contributed by atoms with Crippen molar-refractivity contribution in [1.29, 1.82) is 0 Å². The van der Waals surface area contributed by atoms with Gasteiger partial charge < -0.3 is 0 Å². The lowest BCUT2D eigenvalue weighted by Crippen LogP contribution is -2.17. The first-order valence-corrected chi connectivity index (χ1v) is 7.14. The molecule has 0 spiro atoms. The van der Waals surface area contributed by atoms with Gasteiger partial charge in [-0.15, -0.1) is 4.89 Å². The van der Waals surface area contributed by atoms with Gasteiger partial charge in [-0.1, -0.05) is 53.7 Å². The van der Waals surface area contributed by atoms with Crippen LogP contribution in [-0.2, 0) is 15.4 Å². The Bertz CT molecular complexity index is 453. The monoisotopic (exact) mass is 269 g/mol. The quantitative estimate of drug-likeness (QED) is 0.814. The van der Waals surface area contributed by atoms with Crippen LogP contribution in [-0.4, -0.2) is 4.89 Å². The fourth-order valence-electron chi connectivity index (χ4n) is 1.75. The Kier molecular flexibility index (Phi) is 4.19. The molecule has 1 unspecified atom stereocenters. The number of hydrogen-bond donors (Lipinski definition) is 1. The molecule has 0 saturated carbocycles. The van der Waals surface area contributed by atoms with E-state index in [2.05, 4.69) is 47.6 Å². The van der Waals surface area contributed by atoms with Gasteiger partial charge in [0.25, 0.3) is 0 Å². The van der Waals surface area contributed by atoms with E-state index in [-0.39, 0.29) is 10.8 Å². The van der Waals surface area contributed by atoms with E-state index in [1.165, 1.54) is 5.56 Å². The van der Waals surface area contributed by atoms with Crippen molar-refractivity contribution in [3.8, 4) is 5.75 Å². The van der Waals surface area contributed by atoms with Gasteiger partial charge in [0.05, 0.1) is 0 Å². The fraction of sp³-hybridized carbons (Fsp3) is 0.571. The van der Waals surface area contributed by atoms with Gasteiger partial charge in [-0.3, -0.25) is 0 Å². The summed E-state index contributed by atoms with van der Waals surface area (Å²) in [5.41, 5.74) is 2.04. The molecule has 1 N–H and O–H groups in total. The van der Waals surface area contributed by atoms with E-state index in [1.54, 1.807) is 6.07 Å².